The zero-order valence-electron chi connectivity index (χ0n) is 14.9. The molecule has 0 unspecified atom stereocenters. The number of benzene rings is 2. The SMILES string of the molecule is Cc1nn2c(=O)cc(CSc3nc4ccccc4n3-c3ccccc3)nc2s1. The predicted octanol–water partition coefficient (Wildman–Crippen LogP) is 4.09. The number of fused-ring (bicyclic) bond motifs is 2. The highest BCUT2D eigenvalue weighted by atomic mass is 32.2. The molecule has 2 aromatic carbocycles. The number of nitrogens with zero attached hydrogens (tertiary/aromatic N) is 5. The maximum absolute atomic E-state index is 12.3. The van der Waals surface area contributed by atoms with Crippen LogP contribution in [0.15, 0.2) is 70.6 Å². The number of rotatable bonds is 4. The van der Waals surface area contributed by atoms with E-state index in [2.05, 4.69) is 32.8 Å². The van der Waals surface area contributed by atoms with Gasteiger partial charge in [-0.2, -0.15) is 9.61 Å². The zero-order chi connectivity index (χ0) is 19.1. The van der Waals surface area contributed by atoms with E-state index in [9.17, 15) is 4.79 Å². The summed E-state index contributed by atoms with van der Waals surface area (Å²) in [4.78, 5) is 22.3. The van der Waals surface area contributed by atoms with Crippen molar-refractivity contribution >= 4 is 39.1 Å². The van der Waals surface area contributed by atoms with E-state index in [0.29, 0.717) is 10.7 Å². The van der Waals surface area contributed by atoms with Crippen LogP contribution >= 0.6 is 23.1 Å². The first-order valence-corrected chi connectivity index (χ1v) is 10.5. The summed E-state index contributed by atoms with van der Waals surface area (Å²) in [5.41, 5.74) is 3.63. The summed E-state index contributed by atoms with van der Waals surface area (Å²) >= 11 is 2.99. The van der Waals surface area contributed by atoms with Gasteiger partial charge in [-0.1, -0.05) is 53.4 Å². The minimum absolute atomic E-state index is 0.151. The molecule has 0 bridgehead atoms. The molecule has 28 heavy (non-hydrogen) atoms. The molecule has 0 N–H and O–H groups in total. The molecule has 0 aliphatic rings. The predicted molar refractivity (Wildman–Crippen MR) is 113 cm³/mol. The van der Waals surface area contributed by atoms with Gasteiger partial charge in [0.05, 0.1) is 16.7 Å². The fraction of sp³-hybridized carbons (Fsp3) is 0.100. The molecule has 0 radical (unpaired) electrons. The van der Waals surface area contributed by atoms with Gasteiger partial charge in [0, 0.05) is 17.5 Å². The highest BCUT2D eigenvalue weighted by molar-refractivity contribution is 7.98. The van der Waals surface area contributed by atoms with Gasteiger partial charge >= 0.3 is 0 Å². The lowest BCUT2D eigenvalue weighted by Gasteiger charge is -2.08. The molecular weight excluding hydrogens is 390 g/mol. The lowest BCUT2D eigenvalue weighted by molar-refractivity contribution is 0.870. The molecule has 0 spiro atoms. The molecule has 6 nitrogen and oxygen atoms in total. The Morgan fingerprint density at radius 2 is 1.82 bits per heavy atom. The average Bonchev–Trinajstić information content (AvgIpc) is 3.27. The van der Waals surface area contributed by atoms with E-state index in [4.69, 9.17) is 4.98 Å². The highest BCUT2D eigenvalue weighted by Gasteiger charge is 2.14. The van der Waals surface area contributed by atoms with E-state index < -0.39 is 0 Å². The van der Waals surface area contributed by atoms with Crippen molar-refractivity contribution < 1.29 is 0 Å². The molecule has 0 amide bonds. The molecule has 5 aromatic rings. The van der Waals surface area contributed by atoms with Crippen molar-refractivity contribution in [2.45, 2.75) is 17.8 Å². The Hall–Kier alpha value is -2.97. The number of thioether (sulfide) groups is 1. The van der Waals surface area contributed by atoms with Gasteiger partial charge in [0.2, 0.25) is 4.96 Å². The van der Waals surface area contributed by atoms with Crippen LogP contribution < -0.4 is 5.56 Å². The van der Waals surface area contributed by atoms with Crippen molar-refractivity contribution in [1.82, 2.24) is 24.1 Å². The van der Waals surface area contributed by atoms with E-state index >= 15 is 0 Å². The maximum atomic E-state index is 12.3. The largest absolute Gasteiger partial charge is 0.287 e. The molecule has 138 valence electrons. The topological polar surface area (TPSA) is 65.1 Å². The summed E-state index contributed by atoms with van der Waals surface area (Å²) < 4.78 is 3.50. The molecular formula is C20H15N5OS2. The first kappa shape index (κ1) is 17.2. The van der Waals surface area contributed by atoms with Crippen LogP contribution in [0.5, 0.6) is 0 Å². The standard InChI is InChI=1S/C20H15N5OS2/c1-13-23-25-18(26)11-14(21-20(25)28-13)12-27-19-22-16-9-5-6-10-17(16)24(19)15-7-3-2-4-8-15/h2-11H,12H2,1H3. The van der Waals surface area contributed by atoms with Gasteiger partial charge in [0.15, 0.2) is 5.16 Å². The molecule has 0 saturated heterocycles. The van der Waals surface area contributed by atoms with E-state index in [1.54, 1.807) is 17.8 Å². The number of hydrogen-bond donors (Lipinski definition) is 0. The third kappa shape index (κ3) is 3.00. The first-order chi connectivity index (χ1) is 13.7. The Morgan fingerprint density at radius 3 is 2.68 bits per heavy atom. The normalized spacial score (nSPS) is 11.5. The van der Waals surface area contributed by atoms with Crippen LogP contribution in [0.3, 0.4) is 0 Å². The van der Waals surface area contributed by atoms with Crippen LogP contribution in [0.1, 0.15) is 10.7 Å². The summed E-state index contributed by atoms with van der Waals surface area (Å²) in [5.74, 6) is 0.554. The van der Waals surface area contributed by atoms with Gasteiger partial charge in [-0.3, -0.25) is 9.36 Å². The second kappa shape index (κ2) is 6.88. The second-order valence-corrected chi connectivity index (χ2v) is 8.35. The van der Waals surface area contributed by atoms with Crippen molar-refractivity contribution in [3.63, 3.8) is 0 Å². The van der Waals surface area contributed by atoms with Crippen LogP contribution in [-0.4, -0.2) is 24.1 Å². The van der Waals surface area contributed by atoms with E-state index in [0.717, 1.165) is 32.6 Å². The fourth-order valence-corrected chi connectivity index (χ4v) is 4.78. The molecule has 3 aromatic heterocycles. The van der Waals surface area contributed by atoms with Crippen LogP contribution in [0.2, 0.25) is 0 Å². The third-order valence-corrected chi connectivity index (χ3v) is 6.09. The number of aromatic nitrogens is 5. The van der Waals surface area contributed by atoms with Crippen molar-refractivity contribution in [2.75, 3.05) is 0 Å². The number of imidazole rings is 1. The minimum atomic E-state index is -0.151. The van der Waals surface area contributed by atoms with Crippen LogP contribution in [-0.2, 0) is 5.75 Å². The van der Waals surface area contributed by atoms with Crippen molar-refractivity contribution in [1.29, 1.82) is 0 Å². The van der Waals surface area contributed by atoms with Gasteiger partial charge in [0.1, 0.15) is 5.01 Å². The molecule has 0 aliphatic heterocycles. The van der Waals surface area contributed by atoms with E-state index in [-0.39, 0.29) is 5.56 Å². The highest BCUT2D eigenvalue weighted by Crippen LogP contribution is 2.29. The minimum Gasteiger partial charge on any atom is -0.287 e. The van der Waals surface area contributed by atoms with Gasteiger partial charge in [-0.05, 0) is 31.2 Å². The summed E-state index contributed by atoms with van der Waals surface area (Å²) in [6.07, 6.45) is 0. The monoisotopic (exact) mass is 405 g/mol. The summed E-state index contributed by atoms with van der Waals surface area (Å²) in [5, 5.41) is 5.88. The quantitative estimate of drug-likeness (QED) is 0.421. The molecule has 0 fully saturated rings. The third-order valence-electron chi connectivity index (χ3n) is 4.29. The van der Waals surface area contributed by atoms with Crippen molar-refractivity contribution in [2.24, 2.45) is 0 Å². The molecule has 3 heterocycles. The second-order valence-electron chi connectivity index (χ2n) is 6.24. The zero-order valence-corrected chi connectivity index (χ0v) is 16.6. The van der Waals surface area contributed by atoms with Crippen molar-refractivity contribution in [3.8, 4) is 5.69 Å². The maximum Gasteiger partial charge on any atom is 0.275 e. The lowest BCUT2D eigenvalue weighted by Crippen LogP contribution is -2.15. The number of para-hydroxylation sites is 3. The van der Waals surface area contributed by atoms with Gasteiger partial charge in [-0.15, -0.1) is 0 Å². The van der Waals surface area contributed by atoms with Gasteiger partial charge < -0.3 is 0 Å². The number of hydrogen-bond acceptors (Lipinski definition) is 6. The smallest absolute Gasteiger partial charge is 0.275 e. The Morgan fingerprint density at radius 1 is 1.04 bits per heavy atom. The first-order valence-electron chi connectivity index (χ1n) is 8.71. The Balaban J connectivity index is 1.55. The Labute approximate surface area is 168 Å². The molecule has 0 aliphatic carbocycles. The Kier molecular flexibility index (Phi) is 4.22. The van der Waals surface area contributed by atoms with Gasteiger partial charge in [0.25, 0.3) is 5.56 Å². The summed E-state index contributed by atoms with van der Waals surface area (Å²) in [6.45, 7) is 1.87. The van der Waals surface area contributed by atoms with Crippen LogP contribution in [0, 0.1) is 6.92 Å². The summed E-state index contributed by atoms with van der Waals surface area (Å²) in [6, 6.07) is 19.8. The van der Waals surface area contributed by atoms with Crippen LogP contribution in [0.25, 0.3) is 21.7 Å². The molecule has 8 heteroatoms. The Bertz CT molecular complexity index is 1350. The van der Waals surface area contributed by atoms with E-state index in [1.807, 2.05) is 43.3 Å². The summed E-state index contributed by atoms with van der Waals surface area (Å²) in [7, 11) is 0. The average molecular weight is 406 g/mol. The fourth-order valence-electron chi connectivity index (χ4n) is 3.09. The van der Waals surface area contributed by atoms with Crippen LogP contribution in [0.4, 0.5) is 0 Å². The molecule has 0 atom stereocenters. The molecule has 5 rings (SSSR count). The van der Waals surface area contributed by atoms with Gasteiger partial charge in [-0.25, -0.2) is 9.97 Å². The number of aryl methyl sites for hydroxylation is 1. The van der Waals surface area contributed by atoms with E-state index in [1.165, 1.54) is 15.9 Å². The lowest BCUT2D eigenvalue weighted by atomic mass is 10.3. The van der Waals surface area contributed by atoms with Crippen molar-refractivity contribution in [3.05, 3.63) is 81.7 Å². The molecule has 0 saturated carbocycles.